The molecule has 5 nitrogen and oxygen atoms in total. The highest BCUT2D eigenvalue weighted by Crippen LogP contribution is 1.93. The predicted octanol–water partition coefficient (Wildman–Crippen LogP) is -0.834. The van der Waals surface area contributed by atoms with Crippen LogP contribution < -0.4 is 5.73 Å². The van der Waals surface area contributed by atoms with Crippen LogP contribution in [0.4, 0.5) is 0 Å². The molecule has 0 spiro atoms. The maximum absolute atomic E-state index is 11.4. The summed E-state index contributed by atoms with van der Waals surface area (Å²) in [4.78, 5) is 12.8. The van der Waals surface area contributed by atoms with E-state index in [1.807, 2.05) is 0 Å². The van der Waals surface area contributed by atoms with E-state index in [1.54, 1.807) is 6.92 Å². The maximum atomic E-state index is 11.4. The standard InChI is InChI=1S/C7H14N2O3S2/c1-3-9(4-6(8)13)7(10)5-14(2,11)12/h3-5H2,1-2H3,(H2,8,13). The smallest absolute Gasteiger partial charge is 0.238 e. The summed E-state index contributed by atoms with van der Waals surface area (Å²) in [6, 6.07) is 0. The minimum absolute atomic E-state index is 0.125. The highest BCUT2D eigenvalue weighted by atomic mass is 32.2. The van der Waals surface area contributed by atoms with Gasteiger partial charge in [-0.3, -0.25) is 4.79 Å². The summed E-state index contributed by atoms with van der Waals surface area (Å²) in [5, 5.41) is 0. The van der Waals surface area contributed by atoms with Gasteiger partial charge in [0.2, 0.25) is 5.91 Å². The topological polar surface area (TPSA) is 80.5 Å². The van der Waals surface area contributed by atoms with Crippen molar-refractivity contribution in [1.82, 2.24) is 4.90 Å². The molecular weight excluding hydrogens is 224 g/mol. The van der Waals surface area contributed by atoms with Crippen molar-refractivity contribution in [3.63, 3.8) is 0 Å². The van der Waals surface area contributed by atoms with Gasteiger partial charge in [-0.25, -0.2) is 8.42 Å². The number of nitrogens with two attached hydrogens (primary N) is 1. The normalized spacial score (nSPS) is 11.0. The fourth-order valence-corrected chi connectivity index (χ4v) is 1.67. The van der Waals surface area contributed by atoms with Crippen LogP contribution in [0.15, 0.2) is 0 Å². The molecule has 14 heavy (non-hydrogen) atoms. The van der Waals surface area contributed by atoms with Gasteiger partial charge in [-0.15, -0.1) is 0 Å². The van der Waals surface area contributed by atoms with Crippen molar-refractivity contribution >= 4 is 33.0 Å². The quantitative estimate of drug-likeness (QED) is 0.632. The predicted molar refractivity (Wildman–Crippen MR) is 58.8 cm³/mol. The van der Waals surface area contributed by atoms with Crippen molar-refractivity contribution in [1.29, 1.82) is 0 Å². The van der Waals surface area contributed by atoms with Gasteiger partial charge in [0.1, 0.15) is 5.75 Å². The summed E-state index contributed by atoms with van der Waals surface area (Å²) in [5.74, 6) is -0.966. The Bertz CT molecular complexity index is 324. The van der Waals surface area contributed by atoms with Crippen LogP contribution in [0, 0.1) is 0 Å². The molecule has 0 bridgehead atoms. The third kappa shape index (κ3) is 5.87. The molecule has 82 valence electrons. The van der Waals surface area contributed by atoms with E-state index in [9.17, 15) is 13.2 Å². The second kappa shape index (κ2) is 5.26. The number of hydrogen-bond acceptors (Lipinski definition) is 4. The van der Waals surface area contributed by atoms with Gasteiger partial charge in [-0.05, 0) is 6.92 Å². The lowest BCUT2D eigenvalue weighted by Crippen LogP contribution is -2.40. The number of sulfone groups is 1. The lowest BCUT2D eigenvalue weighted by Gasteiger charge is -2.19. The Kier molecular flexibility index (Phi) is 5.00. The molecule has 0 rings (SSSR count). The first-order valence-electron chi connectivity index (χ1n) is 4.00. The molecule has 0 saturated carbocycles. The van der Waals surface area contributed by atoms with Crippen LogP contribution in [0.2, 0.25) is 0 Å². The highest BCUT2D eigenvalue weighted by molar-refractivity contribution is 7.91. The molecule has 1 amide bonds. The molecule has 2 N–H and O–H groups in total. The summed E-state index contributed by atoms with van der Waals surface area (Å²) >= 11 is 4.63. The lowest BCUT2D eigenvalue weighted by atomic mass is 10.4. The van der Waals surface area contributed by atoms with Crippen molar-refractivity contribution < 1.29 is 13.2 Å². The average molecular weight is 238 g/mol. The van der Waals surface area contributed by atoms with Crippen molar-refractivity contribution in [3.05, 3.63) is 0 Å². The first-order chi connectivity index (χ1) is 6.26. The summed E-state index contributed by atoms with van der Waals surface area (Å²) in [5.41, 5.74) is 5.26. The number of nitrogens with zero attached hydrogens (tertiary/aromatic N) is 1. The molecule has 0 aromatic heterocycles. The molecule has 0 atom stereocenters. The van der Waals surface area contributed by atoms with Crippen molar-refractivity contribution in [2.75, 3.05) is 25.1 Å². The van der Waals surface area contributed by atoms with Crippen LogP contribution in [-0.4, -0.2) is 49.3 Å². The van der Waals surface area contributed by atoms with Gasteiger partial charge in [0.15, 0.2) is 9.84 Å². The minimum atomic E-state index is -3.29. The number of rotatable bonds is 5. The summed E-state index contributed by atoms with van der Waals surface area (Å²) < 4.78 is 21.7. The molecular formula is C7H14N2O3S2. The number of carbonyl (C=O) groups is 1. The molecule has 0 heterocycles. The number of thiocarbonyl (C=S) groups is 1. The van der Waals surface area contributed by atoms with Gasteiger partial charge < -0.3 is 10.6 Å². The van der Waals surface area contributed by atoms with Crippen molar-refractivity contribution in [2.45, 2.75) is 6.92 Å². The first kappa shape index (κ1) is 13.3. The first-order valence-corrected chi connectivity index (χ1v) is 6.47. The molecule has 7 heteroatoms. The molecule has 0 aliphatic rings. The van der Waals surface area contributed by atoms with Gasteiger partial charge >= 0.3 is 0 Å². The van der Waals surface area contributed by atoms with Crippen LogP contribution in [0.3, 0.4) is 0 Å². The van der Waals surface area contributed by atoms with Crippen LogP contribution in [0.5, 0.6) is 0 Å². The van der Waals surface area contributed by atoms with Crippen molar-refractivity contribution in [3.8, 4) is 0 Å². The fraction of sp³-hybridized carbons (Fsp3) is 0.714. The van der Waals surface area contributed by atoms with Gasteiger partial charge in [0.25, 0.3) is 0 Å². The lowest BCUT2D eigenvalue weighted by molar-refractivity contribution is -0.127. The molecule has 0 radical (unpaired) electrons. The zero-order chi connectivity index (χ0) is 11.4. The Hall–Kier alpha value is -0.690. The highest BCUT2D eigenvalue weighted by Gasteiger charge is 2.17. The molecule has 0 aromatic carbocycles. The molecule has 0 saturated heterocycles. The maximum Gasteiger partial charge on any atom is 0.238 e. The molecule has 0 unspecified atom stereocenters. The number of carbonyl (C=O) groups excluding carboxylic acids is 1. The van der Waals surface area contributed by atoms with Crippen LogP contribution in [-0.2, 0) is 14.6 Å². The van der Waals surface area contributed by atoms with Crippen LogP contribution in [0.1, 0.15) is 6.92 Å². The Balaban J connectivity index is 4.40. The van der Waals surface area contributed by atoms with Gasteiger partial charge in [-0.1, -0.05) is 12.2 Å². The summed E-state index contributed by atoms with van der Waals surface area (Å²) in [6.45, 7) is 2.25. The van der Waals surface area contributed by atoms with Gasteiger partial charge in [-0.2, -0.15) is 0 Å². The Morgan fingerprint density at radius 3 is 2.29 bits per heavy atom. The second-order valence-electron chi connectivity index (χ2n) is 2.94. The zero-order valence-corrected chi connectivity index (χ0v) is 9.82. The number of likely N-dealkylation sites (N-methyl/N-ethyl adjacent to an activating group) is 1. The molecule has 0 aromatic rings. The Morgan fingerprint density at radius 2 is 2.00 bits per heavy atom. The summed E-state index contributed by atoms with van der Waals surface area (Å²) in [7, 11) is -3.29. The van der Waals surface area contributed by atoms with E-state index >= 15 is 0 Å². The van der Waals surface area contributed by atoms with Gasteiger partial charge in [0, 0.05) is 12.8 Å². The third-order valence-electron chi connectivity index (χ3n) is 1.47. The minimum Gasteiger partial charge on any atom is -0.392 e. The fourth-order valence-electron chi connectivity index (χ4n) is 0.880. The molecule has 0 aliphatic heterocycles. The average Bonchev–Trinajstić information content (AvgIpc) is 1.96. The van der Waals surface area contributed by atoms with Gasteiger partial charge in [0.05, 0.1) is 11.5 Å². The summed E-state index contributed by atoms with van der Waals surface area (Å²) in [6.07, 6.45) is 1.01. The Labute approximate surface area is 89.2 Å². The zero-order valence-electron chi connectivity index (χ0n) is 8.19. The monoisotopic (exact) mass is 238 g/mol. The van der Waals surface area contributed by atoms with E-state index < -0.39 is 21.5 Å². The Morgan fingerprint density at radius 1 is 1.50 bits per heavy atom. The van der Waals surface area contributed by atoms with Crippen LogP contribution >= 0.6 is 12.2 Å². The largest absolute Gasteiger partial charge is 0.392 e. The van der Waals surface area contributed by atoms with E-state index in [0.29, 0.717) is 6.54 Å². The van der Waals surface area contributed by atoms with E-state index in [4.69, 9.17) is 5.73 Å². The molecule has 0 fully saturated rings. The van der Waals surface area contributed by atoms with E-state index in [2.05, 4.69) is 12.2 Å². The second-order valence-corrected chi connectivity index (χ2v) is 5.61. The number of hydrogen-bond donors (Lipinski definition) is 1. The number of amides is 1. The third-order valence-corrected chi connectivity index (χ3v) is 2.37. The van der Waals surface area contributed by atoms with Crippen LogP contribution in [0.25, 0.3) is 0 Å². The SMILES string of the molecule is CCN(CC(N)=S)C(=O)CS(C)(=O)=O. The molecule has 0 aliphatic carbocycles. The van der Waals surface area contributed by atoms with E-state index in [-0.39, 0.29) is 11.5 Å². The van der Waals surface area contributed by atoms with E-state index in [1.165, 1.54) is 4.90 Å². The van der Waals surface area contributed by atoms with E-state index in [0.717, 1.165) is 6.26 Å². The van der Waals surface area contributed by atoms with Crippen molar-refractivity contribution in [2.24, 2.45) is 5.73 Å².